The highest BCUT2D eigenvalue weighted by Crippen LogP contribution is 2.30. The van der Waals surface area contributed by atoms with Gasteiger partial charge in [-0.3, -0.25) is 4.79 Å². The van der Waals surface area contributed by atoms with Crippen LogP contribution in [0.1, 0.15) is 39.5 Å². The largest absolute Gasteiger partial charge is 0.342 e. The first-order valence-corrected chi connectivity index (χ1v) is 10.2. The van der Waals surface area contributed by atoms with Crippen LogP contribution in [-0.4, -0.2) is 45.6 Å². The van der Waals surface area contributed by atoms with Crippen molar-refractivity contribution in [3.8, 4) is 0 Å². The molecule has 0 N–H and O–H groups in total. The highest BCUT2D eigenvalue weighted by Gasteiger charge is 2.24. The zero-order valence-corrected chi connectivity index (χ0v) is 15.3. The van der Waals surface area contributed by atoms with Gasteiger partial charge in [-0.1, -0.05) is 48.7 Å². The van der Waals surface area contributed by atoms with Crippen molar-refractivity contribution in [3.05, 3.63) is 0 Å². The average molecular weight is 346 g/mol. The molecule has 21 heavy (non-hydrogen) atoms. The quantitative estimate of drug-likeness (QED) is 0.734. The Morgan fingerprint density at radius 1 is 1.24 bits per heavy atom. The molecule has 2 rings (SSSR count). The summed E-state index contributed by atoms with van der Waals surface area (Å²) >= 11 is 4.78. The highest BCUT2D eigenvalue weighted by atomic mass is 32.2. The lowest BCUT2D eigenvalue weighted by Crippen LogP contribution is -2.40. The maximum absolute atomic E-state index is 12.3. The second-order valence-corrected chi connectivity index (χ2v) is 9.19. The van der Waals surface area contributed by atoms with E-state index >= 15 is 0 Å². The molecule has 0 bridgehead atoms. The van der Waals surface area contributed by atoms with Crippen LogP contribution in [0.5, 0.6) is 0 Å². The molecule has 118 valence electrons. The summed E-state index contributed by atoms with van der Waals surface area (Å²) in [6.45, 7) is 4.40. The zero-order chi connectivity index (χ0) is 15.2. The normalized spacial score (nSPS) is 22.2. The van der Waals surface area contributed by atoms with Gasteiger partial charge >= 0.3 is 0 Å². The van der Waals surface area contributed by atoms with Crippen LogP contribution in [0, 0.1) is 5.92 Å². The maximum Gasteiger partial charge on any atom is 0.233 e. The number of amides is 1. The Hall–Kier alpha value is -0.270. The van der Waals surface area contributed by atoms with E-state index in [0.717, 1.165) is 33.2 Å². The van der Waals surface area contributed by atoms with E-state index in [9.17, 15) is 4.79 Å². The van der Waals surface area contributed by atoms with E-state index < -0.39 is 0 Å². The molecule has 1 fully saturated rings. The summed E-state index contributed by atoms with van der Waals surface area (Å²) in [5.74, 6) is 2.49. The van der Waals surface area contributed by atoms with E-state index in [0.29, 0.717) is 11.8 Å². The van der Waals surface area contributed by atoms with Crippen LogP contribution in [0.2, 0.25) is 0 Å². The Bertz CT molecular complexity index is 458. The van der Waals surface area contributed by atoms with Crippen molar-refractivity contribution in [1.29, 1.82) is 0 Å². The highest BCUT2D eigenvalue weighted by molar-refractivity contribution is 8.03. The van der Waals surface area contributed by atoms with Crippen LogP contribution in [0.15, 0.2) is 8.68 Å². The van der Waals surface area contributed by atoms with Gasteiger partial charge in [0, 0.05) is 13.1 Å². The molecule has 0 unspecified atom stereocenters. The average Bonchev–Trinajstić information content (AvgIpc) is 2.93. The van der Waals surface area contributed by atoms with Gasteiger partial charge in [-0.25, -0.2) is 0 Å². The molecule has 4 nitrogen and oxygen atoms in total. The third-order valence-electron chi connectivity index (χ3n) is 3.90. The molecule has 1 aromatic heterocycles. The van der Waals surface area contributed by atoms with E-state index in [1.807, 2.05) is 11.9 Å². The fraction of sp³-hybridized carbons (Fsp3) is 0.786. The third-order valence-corrected chi connectivity index (χ3v) is 6.96. The molecule has 0 aromatic carbocycles. The van der Waals surface area contributed by atoms with Gasteiger partial charge in [-0.2, -0.15) is 0 Å². The zero-order valence-electron chi connectivity index (χ0n) is 12.9. The van der Waals surface area contributed by atoms with Gasteiger partial charge in [0.1, 0.15) is 0 Å². The lowest BCUT2D eigenvalue weighted by atomic mass is 9.87. The van der Waals surface area contributed by atoms with Crippen molar-refractivity contribution >= 4 is 40.8 Å². The van der Waals surface area contributed by atoms with Crippen LogP contribution in [0.3, 0.4) is 0 Å². The Labute approximate surface area is 139 Å². The Morgan fingerprint density at radius 2 is 1.86 bits per heavy atom. The third kappa shape index (κ3) is 5.14. The van der Waals surface area contributed by atoms with Crippen LogP contribution in [0.25, 0.3) is 0 Å². The summed E-state index contributed by atoms with van der Waals surface area (Å²) in [6.07, 6.45) is 4.77. The van der Waals surface area contributed by atoms with Gasteiger partial charge in [0.05, 0.1) is 5.75 Å². The summed E-state index contributed by atoms with van der Waals surface area (Å²) < 4.78 is 1.88. The molecule has 0 atom stereocenters. The van der Waals surface area contributed by atoms with Crippen molar-refractivity contribution in [2.75, 3.05) is 18.6 Å². The second-order valence-electron chi connectivity index (χ2n) is 5.47. The number of hydrogen-bond donors (Lipinski definition) is 0. The first-order chi connectivity index (χ1) is 10.1. The minimum absolute atomic E-state index is 0.208. The fourth-order valence-corrected chi connectivity index (χ4v) is 5.34. The monoisotopic (exact) mass is 345 g/mol. The van der Waals surface area contributed by atoms with E-state index in [-0.39, 0.29) is 5.91 Å². The van der Waals surface area contributed by atoms with Crippen LogP contribution in [-0.2, 0) is 4.79 Å². The number of hydrogen-bond acceptors (Lipinski definition) is 6. The number of nitrogens with zero attached hydrogens (tertiary/aromatic N) is 3. The molecule has 1 aliphatic carbocycles. The SMILES string of the molecule is CCSc1nnc(SCC(=O)N(C)C2CCC(C)CC2)s1. The summed E-state index contributed by atoms with van der Waals surface area (Å²) in [4.78, 5) is 14.2. The topological polar surface area (TPSA) is 46.1 Å². The van der Waals surface area contributed by atoms with Crippen LogP contribution >= 0.6 is 34.9 Å². The molecule has 1 aliphatic rings. The lowest BCUT2D eigenvalue weighted by molar-refractivity contribution is -0.129. The standard InChI is InChI=1S/C14H23N3OS3/c1-4-19-13-15-16-14(21-13)20-9-12(18)17(3)11-7-5-10(2)6-8-11/h10-11H,4-9H2,1-3H3. The van der Waals surface area contributed by atoms with Gasteiger partial charge in [0.2, 0.25) is 5.91 Å². The van der Waals surface area contributed by atoms with E-state index in [1.54, 1.807) is 23.1 Å². The molecule has 0 spiro atoms. The summed E-state index contributed by atoms with van der Waals surface area (Å²) in [5.41, 5.74) is 0. The lowest BCUT2D eigenvalue weighted by Gasteiger charge is -2.33. The molecule has 1 heterocycles. The second kappa shape index (κ2) is 8.39. The number of carbonyl (C=O) groups is 1. The van der Waals surface area contributed by atoms with E-state index in [1.165, 1.54) is 24.6 Å². The molecule has 0 aliphatic heterocycles. The van der Waals surface area contributed by atoms with Gasteiger partial charge in [-0.15, -0.1) is 10.2 Å². The van der Waals surface area contributed by atoms with E-state index in [4.69, 9.17) is 0 Å². The number of thioether (sulfide) groups is 2. The predicted molar refractivity (Wildman–Crippen MR) is 91.2 cm³/mol. The first-order valence-electron chi connectivity index (χ1n) is 7.45. The van der Waals surface area contributed by atoms with Crippen molar-refractivity contribution in [3.63, 3.8) is 0 Å². The molecule has 1 saturated carbocycles. The van der Waals surface area contributed by atoms with Gasteiger partial charge in [0.15, 0.2) is 8.68 Å². The number of carbonyl (C=O) groups excluding carboxylic acids is 1. The van der Waals surface area contributed by atoms with Crippen molar-refractivity contribution in [1.82, 2.24) is 15.1 Å². The smallest absolute Gasteiger partial charge is 0.233 e. The van der Waals surface area contributed by atoms with E-state index in [2.05, 4.69) is 24.0 Å². The van der Waals surface area contributed by atoms with Crippen molar-refractivity contribution < 1.29 is 4.79 Å². The van der Waals surface area contributed by atoms with Crippen molar-refractivity contribution in [2.45, 2.75) is 54.3 Å². The molecule has 1 amide bonds. The Kier molecular flexibility index (Phi) is 6.82. The molecular formula is C14H23N3OS3. The van der Waals surface area contributed by atoms with Gasteiger partial charge < -0.3 is 4.90 Å². The molecular weight excluding hydrogens is 322 g/mol. The number of rotatable bonds is 6. The Morgan fingerprint density at radius 3 is 2.48 bits per heavy atom. The minimum atomic E-state index is 0.208. The summed E-state index contributed by atoms with van der Waals surface area (Å²) in [5, 5.41) is 8.24. The number of aromatic nitrogens is 2. The van der Waals surface area contributed by atoms with Crippen LogP contribution < -0.4 is 0 Å². The maximum atomic E-state index is 12.3. The van der Waals surface area contributed by atoms with Crippen molar-refractivity contribution in [2.24, 2.45) is 5.92 Å². The fourth-order valence-electron chi connectivity index (χ4n) is 2.50. The van der Waals surface area contributed by atoms with Gasteiger partial charge in [0.25, 0.3) is 0 Å². The molecule has 7 heteroatoms. The Balaban J connectivity index is 1.77. The summed E-state index contributed by atoms with van der Waals surface area (Å²) in [6, 6.07) is 0.426. The summed E-state index contributed by atoms with van der Waals surface area (Å²) in [7, 11) is 1.95. The first kappa shape index (κ1) is 17.1. The predicted octanol–water partition coefficient (Wildman–Crippen LogP) is 3.78. The van der Waals surface area contributed by atoms with Crippen LogP contribution in [0.4, 0.5) is 0 Å². The molecule has 0 saturated heterocycles. The molecule has 0 radical (unpaired) electrons. The minimum Gasteiger partial charge on any atom is -0.342 e. The molecule has 1 aromatic rings. The van der Waals surface area contributed by atoms with Gasteiger partial charge in [-0.05, 0) is 37.4 Å².